The molecule has 0 radical (unpaired) electrons. The summed E-state index contributed by atoms with van der Waals surface area (Å²) in [4.78, 5) is 62.2. The number of halogens is 2. The zero-order valence-corrected chi connectivity index (χ0v) is 35.6. The molecule has 2 N–H and O–H groups in total. The van der Waals surface area contributed by atoms with Crippen molar-refractivity contribution in [3.63, 3.8) is 0 Å². The van der Waals surface area contributed by atoms with Crippen molar-refractivity contribution in [2.45, 2.75) is 108 Å². The third-order valence-electron chi connectivity index (χ3n) is 13.4. The van der Waals surface area contributed by atoms with Crippen molar-refractivity contribution >= 4 is 40.0 Å². The molecule has 4 aliphatic rings. The van der Waals surface area contributed by atoms with Crippen LogP contribution in [0.4, 0.5) is 20.3 Å². The predicted molar refractivity (Wildman–Crippen MR) is 231 cm³/mol. The minimum absolute atomic E-state index is 0.0264. The number of hydrogen-bond donors (Lipinski definition) is 2. The third kappa shape index (κ3) is 9.69. The molecule has 17 heteroatoms. The molecule has 1 saturated heterocycles. The van der Waals surface area contributed by atoms with Crippen molar-refractivity contribution in [1.29, 1.82) is 0 Å². The van der Waals surface area contributed by atoms with E-state index in [0.717, 1.165) is 94.1 Å². The van der Waals surface area contributed by atoms with Gasteiger partial charge in [0.05, 0.1) is 41.3 Å². The number of benzene rings is 1. The number of aryl methyl sites for hydroxylation is 2. The molecular formula is C46H55F2N9O6. The maximum Gasteiger partial charge on any atom is 0.329 e. The second kappa shape index (κ2) is 18.7. The van der Waals surface area contributed by atoms with Crippen LogP contribution in [0.3, 0.4) is 0 Å². The zero-order valence-electron chi connectivity index (χ0n) is 35.6. The number of rotatable bonds is 16. The molecule has 1 unspecified atom stereocenters. The number of likely N-dealkylation sites (tertiary alicyclic amines) is 1. The summed E-state index contributed by atoms with van der Waals surface area (Å²) in [6.45, 7) is 4.37. The fraction of sp³-hybridized carbons (Fsp3) is 0.543. The van der Waals surface area contributed by atoms with Crippen molar-refractivity contribution in [2.75, 3.05) is 43.4 Å². The molecular weight excluding hydrogens is 813 g/mol. The largest absolute Gasteiger partial charge is 0.444 e. The molecule has 3 saturated carbocycles. The van der Waals surface area contributed by atoms with Crippen LogP contribution in [-0.4, -0.2) is 90.1 Å². The summed E-state index contributed by atoms with van der Waals surface area (Å²) in [5.74, 6) is 1.18. The molecule has 9 rings (SSSR count). The number of alkyl halides is 2. The SMILES string of the molecule is Cn1c(=O)n(C2CCC(=O)CC2=O)c2cccc(CCCOC3CCN(CC4CCC(n5cc(NC(=O)c6coc(-c7ccnc(NCC8CC8)c7)n6)c(C(F)F)n5)CC4)CC3)c21. The topological polar surface area (TPSA) is 171 Å². The van der Waals surface area contributed by atoms with E-state index in [1.165, 1.54) is 25.3 Å². The van der Waals surface area contributed by atoms with Gasteiger partial charge in [-0.05, 0) is 106 Å². The lowest BCUT2D eigenvalue weighted by atomic mass is 9.85. The molecule has 1 atom stereocenters. The van der Waals surface area contributed by atoms with E-state index >= 15 is 0 Å². The molecule has 1 aromatic carbocycles. The molecule has 1 aliphatic heterocycles. The molecule has 5 heterocycles. The number of Topliss-reactive ketones (excluding diaryl/α,β-unsaturated/α-hetero) is 2. The lowest BCUT2D eigenvalue weighted by Gasteiger charge is -2.36. The number of nitrogens with zero attached hydrogens (tertiary/aromatic N) is 7. The number of imidazole rings is 1. The van der Waals surface area contributed by atoms with Gasteiger partial charge >= 0.3 is 5.69 Å². The minimum atomic E-state index is -2.86. The molecule has 0 bridgehead atoms. The van der Waals surface area contributed by atoms with Crippen LogP contribution in [0, 0.1) is 11.8 Å². The van der Waals surface area contributed by atoms with Gasteiger partial charge in [-0.3, -0.25) is 28.2 Å². The lowest BCUT2D eigenvalue weighted by Crippen LogP contribution is -2.40. The molecule has 15 nitrogen and oxygen atoms in total. The molecule has 334 valence electrons. The van der Waals surface area contributed by atoms with Gasteiger partial charge in [0, 0.05) is 64.2 Å². The first-order chi connectivity index (χ1) is 30.6. The molecule has 4 aromatic heterocycles. The van der Waals surface area contributed by atoms with Crippen LogP contribution >= 0.6 is 0 Å². The van der Waals surface area contributed by atoms with Crippen LogP contribution in [0.15, 0.2) is 58.2 Å². The standard InChI is InChI=1S/C46H55F2N9O6/c1-54-42-30(4-2-6-38(42)57(46(54)61)37-14-13-33(58)23-39(37)59)5-3-21-62-34-16-19-55(20-17-34)25-29-9-11-32(12-10-29)56-26-35(41(53-56)43(47)48)51-44(60)36-27-63-45(52-36)31-15-18-49-40(22-31)50-24-28-7-8-28/h2,4,6,15,18,22,26-29,32,34,37,43H,3,5,7-14,16-17,19-21,23-25H2,1H3,(H,49,50)(H,51,60). The van der Waals surface area contributed by atoms with Crippen LogP contribution < -0.4 is 16.3 Å². The fourth-order valence-electron chi connectivity index (χ4n) is 9.66. The summed E-state index contributed by atoms with van der Waals surface area (Å²) in [5, 5.41) is 10.2. The van der Waals surface area contributed by atoms with Crippen molar-refractivity contribution in [2.24, 2.45) is 18.9 Å². The Morgan fingerprint density at radius 1 is 1.00 bits per heavy atom. The highest BCUT2D eigenvalue weighted by molar-refractivity contribution is 6.04. The highest BCUT2D eigenvalue weighted by atomic mass is 19.3. The second-order valence-corrected chi connectivity index (χ2v) is 17.8. The van der Waals surface area contributed by atoms with E-state index in [4.69, 9.17) is 9.15 Å². The molecule has 3 aliphatic carbocycles. The highest BCUT2D eigenvalue weighted by Gasteiger charge is 2.33. The Kier molecular flexibility index (Phi) is 12.7. The minimum Gasteiger partial charge on any atom is -0.444 e. The van der Waals surface area contributed by atoms with E-state index in [0.29, 0.717) is 42.7 Å². The molecule has 5 aromatic rings. The number of piperidine rings is 1. The van der Waals surface area contributed by atoms with Gasteiger partial charge in [-0.25, -0.2) is 23.5 Å². The Labute approximate surface area is 363 Å². The Bertz CT molecular complexity index is 2510. The number of nitrogens with one attached hydrogen (secondary N) is 2. The smallest absolute Gasteiger partial charge is 0.329 e. The van der Waals surface area contributed by atoms with Crippen molar-refractivity contribution < 1.29 is 32.3 Å². The summed E-state index contributed by atoms with van der Waals surface area (Å²) in [5.41, 5.74) is 2.50. The first-order valence-corrected chi connectivity index (χ1v) is 22.5. The van der Waals surface area contributed by atoms with E-state index in [2.05, 4.69) is 30.6 Å². The van der Waals surface area contributed by atoms with E-state index in [-0.39, 0.29) is 53.1 Å². The van der Waals surface area contributed by atoms with Gasteiger partial charge in [-0.1, -0.05) is 12.1 Å². The molecule has 1 amide bonds. The van der Waals surface area contributed by atoms with Crippen LogP contribution in [0.1, 0.15) is 117 Å². The Morgan fingerprint density at radius 2 is 1.79 bits per heavy atom. The number of carbonyl (C=O) groups excluding carboxylic acids is 3. The number of para-hydroxylation sites is 1. The number of ketones is 2. The Balaban J connectivity index is 0.713. The van der Waals surface area contributed by atoms with Gasteiger partial charge < -0.3 is 24.7 Å². The monoisotopic (exact) mass is 867 g/mol. The third-order valence-corrected chi connectivity index (χ3v) is 13.4. The van der Waals surface area contributed by atoms with E-state index in [1.807, 2.05) is 18.2 Å². The zero-order chi connectivity index (χ0) is 43.6. The van der Waals surface area contributed by atoms with E-state index < -0.39 is 24.1 Å². The maximum absolute atomic E-state index is 14.2. The molecule has 4 fully saturated rings. The number of amides is 1. The first kappa shape index (κ1) is 42.7. The fourth-order valence-corrected chi connectivity index (χ4v) is 9.66. The number of hydrogen-bond acceptors (Lipinski definition) is 11. The van der Waals surface area contributed by atoms with Crippen molar-refractivity contribution in [3.05, 3.63) is 76.4 Å². The Hall–Kier alpha value is -5.55. The number of pyridine rings is 1. The number of carbonyl (C=O) groups is 3. The van der Waals surface area contributed by atoms with E-state index in [1.54, 1.807) is 39.2 Å². The van der Waals surface area contributed by atoms with Crippen molar-refractivity contribution in [1.82, 2.24) is 33.8 Å². The van der Waals surface area contributed by atoms with Crippen molar-refractivity contribution in [3.8, 4) is 11.5 Å². The number of fused-ring (bicyclic) bond motifs is 1. The van der Waals surface area contributed by atoms with Gasteiger partial charge in [0.2, 0.25) is 5.89 Å². The van der Waals surface area contributed by atoms with Crippen LogP contribution in [0.2, 0.25) is 0 Å². The highest BCUT2D eigenvalue weighted by Crippen LogP contribution is 2.36. The molecule has 0 spiro atoms. The maximum atomic E-state index is 14.2. The first-order valence-electron chi connectivity index (χ1n) is 22.5. The number of aromatic nitrogens is 6. The molecule has 63 heavy (non-hydrogen) atoms. The lowest BCUT2D eigenvalue weighted by molar-refractivity contribution is -0.132. The van der Waals surface area contributed by atoms with Crippen LogP contribution in [0.5, 0.6) is 0 Å². The average Bonchev–Trinajstić information content (AvgIpc) is 3.69. The average molecular weight is 868 g/mol. The van der Waals surface area contributed by atoms with Gasteiger partial charge in [0.25, 0.3) is 12.3 Å². The summed E-state index contributed by atoms with van der Waals surface area (Å²) in [6, 6.07) is 8.74. The van der Waals surface area contributed by atoms with Gasteiger partial charge in [0.15, 0.2) is 17.2 Å². The summed E-state index contributed by atoms with van der Waals surface area (Å²) >= 11 is 0. The second-order valence-electron chi connectivity index (χ2n) is 17.8. The van der Waals surface area contributed by atoms with Crippen LogP contribution in [0.25, 0.3) is 22.5 Å². The van der Waals surface area contributed by atoms with E-state index in [9.17, 15) is 28.0 Å². The number of anilines is 2. The normalized spacial score (nSPS) is 21.4. The summed E-state index contributed by atoms with van der Waals surface area (Å²) < 4.78 is 45.1. The predicted octanol–water partition coefficient (Wildman–Crippen LogP) is 7.31. The quantitative estimate of drug-likeness (QED) is 0.0753. The summed E-state index contributed by atoms with van der Waals surface area (Å²) in [6.07, 6.45) is 11.7. The number of oxazole rings is 1. The summed E-state index contributed by atoms with van der Waals surface area (Å²) in [7, 11) is 1.74. The number of ether oxygens (including phenoxy) is 1. The Morgan fingerprint density at radius 3 is 2.56 bits per heavy atom. The van der Waals surface area contributed by atoms with Crippen LogP contribution in [-0.2, 0) is 27.8 Å². The van der Waals surface area contributed by atoms with Gasteiger partial charge in [-0.2, -0.15) is 5.10 Å². The van der Waals surface area contributed by atoms with Gasteiger partial charge in [0.1, 0.15) is 17.9 Å². The van der Waals surface area contributed by atoms with Gasteiger partial charge in [-0.15, -0.1) is 0 Å².